The van der Waals surface area contributed by atoms with Crippen molar-refractivity contribution < 1.29 is 9.59 Å². The molecule has 0 radical (unpaired) electrons. The van der Waals surface area contributed by atoms with Gasteiger partial charge >= 0.3 is 0 Å². The van der Waals surface area contributed by atoms with E-state index in [2.05, 4.69) is 0 Å². The Bertz CT molecular complexity index is 206. The lowest BCUT2D eigenvalue weighted by atomic mass is 9.84. The summed E-state index contributed by atoms with van der Waals surface area (Å²) in [5.74, 6) is 0.0949. The van der Waals surface area contributed by atoms with E-state index in [1.54, 1.807) is 6.92 Å². The molecule has 0 saturated heterocycles. The molecule has 11 heavy (non-hydrogen) atoms. The Kier molecular flexibility index (Phi) is 1.66. The normalized spacial score (nSPS) is 35.7. The Morgan fingerprint density at radius 2 is 1.91 bits per heavy atom. The van der Waals surface area contributed by atoms with Crippen molar-refractivity contribution in [1.29, 1.82) is 0 Å². The van der Waals surface area contributed by atoms with Crippen molar-refractivity contribution in [1.82, 2.24) is 0 Å². The quantitative estimate of drug-likeness (QED) is 0.424. The number of ketones is 1. The molecule has 0 aromatic carbocycles. The average molecular weight is 154 g/mol. The maximum Gasteiger partial charge on any atom is 0.146 e. The van der Waals surface area contributed by atoms with E-state index in [1.165, 1.54) is 0 Å². The molecular formula is C9H14O2. The molecule has 62 valence electrons. The molecule has 0 amide bonds. The Morgan fingerprint density at radius 1 is 1.36 bits per heavy atom. The molecule has 0 aromatic rings. The first-order chi connectivity index (χ1) is 4.90. The van der Waals surface area contributed by atoms with Crippen molar-refractivity contribution in [2.45, 2.75) is 33.6 Å². The third-order valence-corrected chi connectivity index (χ3v) is 2.38. The van der Waals surface area contributed by atoms with Crippen LogP contribution in [0.3, 0.4) is 0 Å². The highest BCUT2D eigenvalue weighted by Gasteiger charge is 2.46. The summed E-state index contributed by atoms with van der Waals surface area (Å²) in [5, 5.41) is 0. The molecule has 0 spiro atoms. The smallest absolute Gasteiger partial charge is 0.146 e. The van der Waals surface area contributed by atoms with Crippen LogP contribution in [0.25, 0.3) is 0 Å². The van der Waals surface area contributed by atoms with E-state index in [0.29, 0.717) is 12.8 Å². The van der Waals surface area contributed by atoms with Gasteiger partial charge in [0.1, 0.15) is 12.1 Å². The number of carbonyl (C=O) groups excluding carboxylic acids is 2. The summed E-state index contributed by atoms with van der Waals surface area (Å²) in [5.41, 5.74) is -0.670. The summed E-state index contributed by atoms with van der Waals surface area (Å²) >= 11 is 0. The lowest BCUT2D eigenvalue weighted by Gasteiger charge is -2.18. The summed E-state index contributed by atoms with van der Waals surface area (Å²) in [6, 6.07) is 0. The maximum absolute atomic E-state index is 11.3. The summed E-state index contributed by atoms with van der Waals surface area (Å²) in [6.45, 7) is 5.79. The minimum Gasteiger partial charge on any atom is -0.302 e. The van der Waals surface area contributed by atoms with Crippen LogP contribution in [0.15, 0.2) is 0 Å². The molecule has 1 aliphatic carbocycles. The van der Waals surface area contributed by atoms with Crippen LogP contribution in [0, 0.1) is 10.8 Å². The van der Waals surface area contributed by atoms with Gasteiger partial charge in [-0.05, 0) is 18.8 Å². The highest BCUT2D eigenvalue weighted by atomic mass is 16.1. The van der Waals surface area contributed by atoms with E-state index >= 15 is 0 Å². The van der Waals surface area contributed by atoms with Crippen LogP contribution >= 0.6 is 0 Å². The van der Waals surface area contributed by atoms with Gasteiger partial charge in [0.15, 0.2) is 0 Å². The second-order valence-electron chi connectivity index (χ2n) is 4.48. The number of rotatable bonds is 1. The van der Waals surface area contributed by atoms with Gasteiger partial charge in [-0.25, -0.2) is 0 Å². The third kappa shape index (κ3) is 1.35. The van der Waals surface area contributed by atoms with Crippen molar-refractivity contribution in [2.24, 2.45) is 10.8 Å². The van der Waals surface area contributed by atoms with E-state index in [0.717, 1.165) is 6.29 Å². The zero-order chi connectivity index (χ0) is 8.70. The Balaban J connectivity index is 2.90. The van der Waals surface area contributed by atoms with Gasteiger partial charge in [-0.15, -0.1) is 0 Å². The van der Waals surface area contributed by atoms with Gasteiger partial charge in [0, 0.05) is 6.42 Å². The van der Waals surface area contributed by atoms with Crippen LogP contribution in [0.2, 0.25) is 0 Å². The van der Waals surface area contributed by atoms with Gasteiger partial charge in [0.2, 0.25) is 0 Å². The molecule has 0 aliphatic heterocycles. The Labute approximate surface area is 67.0 Å². The predicted molar refractivity (Wildman–Crippen MR) is 42.2 cm³/mol. The highest BCUT2D eigenvalue weighted by molar-refractivity contribution is 5.99. The lowest BCUT2D eigenvalue weighted by Crippen LogP contribution is -2.23. The van der Waals surface area contributed by atoms with Crippen LogP contribution in [0.5, 0.6) is 0 Å². The van der Waals surface area contributed by atoms with Gasteiger partial charge in [-0.1, -0.05) is 13.8 Å². The van der Waals surface area contributed by atoms with Gasteiger partial charge in [0.05, 0.1) is 5.41 Å². The highest BCUT2D eigenvalue weighted by Crippen LogP contribution is 2.44. The summed E-state index contributed by atoms with van der Waals surface area (Å²) in [4.78, 5) is 21.9. The number of hydrogen-bond donors (Lipinski definition) is 0. The van der Waals surface area contributed by atoms with E-state index < -0.39 is 5.41 Å². The van der Waals surface area contributed by atoms with E-state index in [1.807, 2.05) is 13.8 Å². The zero-order valence-corrected chi connectivity index (χ0v) is 7.31. The molecule has 0 aromatic heterocycles. The minimum absolute atomic E-state index is 0.0206. The molecular weight excluding hydrogens is 140 g/mol. The van der Waals surface area contributed by atoms with Crippen molar-refractivity contribution >= 4 is 12.1 Å². The van der Waals surface area contributed by atoms with Crippen LogP contribution < -0.4 is 0 Å². The van der Waals surface area contributed by atoms with Gasteiger partial charge < -0.3 is 4.79 Å². The molecule has 2 nitrogen and oxygen atoms in total. The average Bonchev–Trinajstić information content (AvgIpc) is 2.03. The third-order valence-electron chi connectivity index (χ3n) is 2.38. The molecule has 1 saturated carbocycles. The fourth-order valence-corrected chi connectivity index (χ4v) is 1.90. The molecule has 0 bridgehead atoms. The first-order valence-corrected chi connectivity index (χ1v) is 3.89. The number of carbonyl (C=O) groups is 2. The van der Waals surface area contributed by atoms with Crippen LogP contribution in [-0.2, 0) is 9.59 Å². The van der Waals surface area contributed by atoms with E-state index in [9.17, 15) is 9.59 Å². The van der Waals surface area contributed by atoms with Crippen LogP contribution in [-0.4, -0.2) is 12.1 Å². The maximum atomic E-state index is 11.3. The van der Waals surface area contributed by atoms with Crippen molar-refractivity contribution in [2.75, 3.05) is 0 Å². The molecule has 1 atom stereocenters. The van der Waals surface area contributed by atoms with Gasteiger partial charge in [-0.2, -0.15) is 0 Å². The van der Waals surface area contributed by atoms with Gasteiger partial charge in [-0.3, -0.25) is 4.79 Å². The fourth-order valence-electron chi connectivity index (χ4n) is 1.90. The fraction of sp³-hybridized carbons (Fsp3) is 0.778. The SMILES string of the molecule is CC1(C)CC(=O)[C@](C)(C=O)C1. The van der Waals surface area contributed by atoms with Crippen LogP contribution in [0.1, 0.15) is 33.6 Å². The Morgan fingerprint density at radius 3 is 2.09 bits per heavy atom. The Hall–Kier alpha value is -0.660. The molecule has 0 unspecified atom stereocenters. The standard InChI is InChI=1S/C9H14O2/c1-8(2)4-7(11)9(3,5-8)6-10/h6H,4-5H2,1-3H3/t9-/m0/s1. The van der Waals surface area contributed by atoms with Gasteiger partial charge in [0.25, 0.3) is 0 Å². The largest absolute Gasteiger partial charge is 0.302 e. The minimum atomic E-state index is -0.691. The second-order valence-corrected chi connectivity index (χ2v) is 4.48. The molecule has 1 aliphatic rings. The van der Waals surface area contributed by atoms with Crippen molar-refractivity contribution in [3.63, 3.8) is 0 Å². The molecule has 1 rings (SSSR count). The molecule has 0 heterocycles. The molecule has 1 fully saturated rings. The molecule has 2 heteroatoms. The van der Waals surface area contributed by atoms with Crippen molar-refractivity contribution in [3.8, 4) is 0 Å². The first kappa shape index (κ1) is 8.44. The second kappa shape index (κ2) is 2.16. The lowest BCUT2D eigenvalue weighted by molar-refractivity contribution is -0.130. The van der Waals surface area contributed by atoms with E-state index in [-0.39, 0.29) is 11.2 Å². The monoisotopic (exact) mass is 154 g/mol. The zero-order valence-electron chi connectivity index (χ0n) is 7.31. The summed E-state index contributed by atoms with van der Waals surface area (Å²) in [6.07, 6.45) is 2.04. The summed E-state index contributed by atoms with van der Waals surface area (Å²) < 4.78 is 0. The number of Topliss-reactive ketones (excluding diaryl/α,β-unsaturated/α-hetero) is 1. The van der Waals surface area contributed by atoms with Crippen LogP contribution in [0.4, 0.5) is 0 Å². The topological polar surface area (TPSA) is 34.1 Å². The molecule has 0 N–H and O–H groups in total. The van der Waals surface area contributed by atoms with E-state index in [4.69, 9.17) is 0 Å². The first-order valence-electron chi connectivity index (χ1n) is 3.89. The predicted octanol–water partition coefficient (Wildman–Crippen LogP) is 1.58. The summed E-state index contributed by atoms with van der Waals surface area (Å²) in [7, 11) is 0. The number of hydrogen-bond acceptors (Lipinski definition) is 2. The van der Waals surface area contributed by atoms with Crippen molar-refractivity contribution in [3.05, 3.63) is 0 Å². The number of aldehydes is 1.